The predicted molar refractivity (Wildman–Crippen MR) is 130 cm³/mol. The lowest BCUT2D eigenvalue weighted by atomic mass is 9.99. The number of alkyl halides is 3. The molecule has 2 aromatic heterocycles. The van der Waals surface area contributed by atoms with E-state index in [1.807, 2.05) is 6.07 Å². The van der Waals surface area contributed by atoms with E-state index in [9.17, 15) is 18.0 Å². The highest BCUT2D eigenvalue weighted by Crippen LogP contribution is 2.34. The molecule has 1 amide bonds. The van der Waals surface area contributed by atoms with Crippen molar-refractivity contribution in [3.63, 3.8) is 0 Å². The lowest BCUT2D eigenvalue weighted by molar-refractivity contribution is -0.137. The zero-order chi connectivity index (χ0) is 25.1. The summed E-state index contributed by atoms with van der Waals surface area (Å²) in [7, 11) is 0. The molecule has 0 aliphatic carbocycles. The minimum Gasteiger partial charge on any atom is -0.379 e. The quantitative estimate of drug-likeness (QED) is 0.404. The van der Waals surface area contributed by atoms with E-state index >= 15 is 0 Å². The molecule has 0 unspecified atom stereocenters. The van der Waals surface area contributed by atoms with Crippen LogP contribution in [-0.2, 0) is 17.5 Å². The predicted octanol–water partition coefficient (Wildman–Crippen LogP) is 5.40. The second-order valence-corrected chi connectivity index (χ2v) is 8.58. The number of aromatic nitrogens is 2. The maximum absolute atomic E-state index is 13.3. The summed E-state index contributed by atoms with van der Waals surface area (Å²) < 4.78 is 45.1. The Morgan fingerprint density at radius 2 is 1.81 bits per heavy atom. The number of halogens is 3. The summed E-state index contributed by atoms with van der Waals surface area (Å²) in [5.74, 6) is -0.430. The van der Waals surface area contributed by atoms with Crippen molar-refractivity contribution < 1.29 is 22.7 Å². The van der Waals surface area contributed by atoms with Gasteiger partial charge in [0, 0.05) is 36.8 Å². The first-order chi connectivity index (χ1) is 17.4. The van der Waals surface area contributed by atoms with Crippen LogP contribution < -0.4 is 5.32 Å². The molecule has 0 spiro atoms. The fraction of sp³-hybridized carbons (Fsp3) is 0.222. The van der Waals surface area contributed by atoms with Gasteiger partial charge in [-0.25, -0.2) is 4.98 Å². The first-order valence-electron chi connectivity index (χ1n) is 11.5. The minimum absolute atomic E-state index is 0.153. The van der Waals surface area contributed by atoms with Gasteiger partial charge in [0.1, 0.15) is 5.69 Å². The van der Waals surface area contributed by atoms with Crippen molar-refractivity contribution in [1.29, 1.82) is 0 Å². The van der Waals surface area contributed by atoms with Crippen molar-refractivity contribution in [2.45, 2.75) is 12.7 Å². The number of morpholine rings is 1. The van der Waals surface area contributed by atoms with Crippen LogP contribution >= 0.6 is 0 Å². The Morgan fingerprint density at radius 1 is 1.00 bits per heavy atom. The average molecular weight is 493 g/mol. The Morgan fingerprint density at radius 3 is 2.61 bits per heavy atom. The number of fused-ring (bicyclic) bond motifs is 1. The van der Waals surface area contributed by atoms with E-state index in [1.54, 1.807) is 48.8 Å². The second-order valence-electron chi connectivity index (χ2n) is 8.58. The number of pyridine rings is 2. The maximum atomic E-state index is 13.3. The summed E-state index contributed by atoms with van der Waals surface area (Å²) in [6.45, 7) is 3.77. The molecular weight excluding hydrogens is 469 g/mol. The maximum Gasteiger partial charge on any atom is 0.416 e. The first-order valence-corrected chi connectivity index (χ1v) is 11.5. The Hall–Kier alpha value is -3.82. The third kappa shape index (κ3) is 5.37. The van der Waals surface area contributed by atoms with Crippen LogP contribution in [-0.4, -0.2) is 47.1 Å². The molecule has 0 saturated carbocycles. The van der Waals surface area contributed by atoms with Crippen molar-refractivity contribution >= 4 is 22.5 Å². The smallest absolute Gasteiger partial charge is 0.379 e. The van der Waals surface area contributed by atoms with Gasteiger partial charge >= 0.3 is 6.18 Å². The molecule has 1 N–H and O–H groups in total. The SMILES string of the molecule is O=C(Nc1cncc(CN2CCOCC2)c1)c1ccc2cccc(-c3cccc(C(F)(F)F)c3)c2n1. The van der Waals surface area contributed by atoms with Crippen LogP contribution in [0.2, 0.25) is 0 Å². The molecule has 0 radical (unpaired) electrons. The van der Waals surface area contributed by atoms with Crippen LogP contribution in [0.3, 0.4) is 0 Å². The summed E-state index contributed by atoms with van der Waals surface area (Å²) in [5.41, 5.74) is 2.26. The topological polar surface area (TPSA) is 67.4 Å². The molecule has 4 aromatic rings. The van der Waals surface area contributed by atoms with E-state index in [0.29, 0.717) is 42.1 Å². The molecule has 0 atom stereocenters. The normalized spacial score (nSPS) is 14.6. The number of anilines is 1. The van der Waals surface area contributed by atoms with Crippen molar-refractivity contribution in [3.8, 4) is 11.1 Å². The van der Waals surface area contributed by atoms with Crippen molar-refractivity contribution in [2.75, 3.05) is 31.6 Å². The monoisotopic (exact) mass is 492 g/mol. The number of ether oxygens (including phenoxy) is 1. The van der Waals surface area contributed by atoms with E-state index in [2.05, 4.69) is 20.2 Å². The van der Waals surface area contributed by atoms with Gasteiger partial charge in [-0.05, 0) is 35.4 Å². The highest BCUT2D eigenvalue weighted by Gasteiger charge is 2.30. The van der Waals surface area contributed by atoms with Crippen LogP contribution in [0.1, 0.15) is 21.6 Å². The number of carbonyl (C=O) groups excluding carboxylic acids is 1. The van der Waals surface area contributed by atoms with E-state index in [1.165, 1.54) is 6.07 Å². The molecule has 184 valence electrons. The highest BCUT2D eigenvalue weighted by atomic mass is 19.4. The second kappa shape index (κ2) is 10.0. The third-order valence-corrected chi connectivity index (χ3v) is 6.02. The van der Waals surface area contributed by atoms with Crippen LogP contribution in [0.4, 0.5) is 18.9 Å². The molecule has 9 heteroatoms. The largest absolute Gasteiger partial charge is 0.416 e. The average Bonchev–Trinajstić information content (AvgIpc) is 2.88. The Balaban J connectivity index is 1.40. The Labute approximate surface area is 205 Å². The summed E-state index contributed by atoms with van der Waals surface area (Å²) in [4.78, 5) is 24.0. The van der Waals surface area contributed by atoms with Crippen molar-refractivity contribution in [3.05, 3.63) is 89.9 Å². The molecule has 5 rings (SSSR count). The van der Waals surface area contributed by atoms with E-state index in [-0.39, 0.29) is 5.69 Å². The molecule has 36 heavy (non-hydrogen) atoms. The molecule has 6 nitrogen and oxygen atoms in total. The van der Waals surface area contributed by atoms with Gasteiger partial charge in [-0.2, -0.15) is 13.2 Å². The lowest BCUT2D eigenvalue weighted by Crippen LogP contribution is -2.35. The van der Waals surface area contributed by atoms with Gasteiger partial charge in [-0.15, -0.1) is 0 Å². The third-order valence-electron chi connectivity index (χ3n) is 6.02. The summed E-state index contributed by atoms with van der Waals surface area (Å²) in [6, 6.07) is 15.6. The molecule has 3 heterocycles. The van der Waals surface area contributed by atoms with E-state index < -0.39 is 17.6 Å². The first kappa shape index (κ1) is 23.9. The van der Waals surface area contributed by atoms with Crippen molar-refractivity contribution in [1.82, 2.24) is 14.9 Å². The van der Waals surface area contributed by atoms with Gasteiger partial charge in [0.25, 0.3) is 5.91 Å². The number of hydrogen-bond donors (Lipinski definition) is 1. The Bertz CT molecular complexity index is 1400. The zero-order valence-electron chi connectivity index (χ0n) is 19.3. The molecule has 1 aliphatic heterocycles. The highest BCUT2D eigenvalue weighted by molar-refractivity contribution is 6.05. The van der Waals surface area contributed by atoms with E-state index in [0.717, 1.165) is 36.2 Å². The van der Waals surface area contributed by atoms with Crippen LogP contribution in [0.25, 0.3) is 22.0 Å². The zero-order valence-corrected chi connectivity index (χ0v) is 19.3. The van der Waals surface area contributed by atoms with Gasteiger partial charge in [-0.1, -0.05) is 36.4 Å². The van der Waals surface area contributed by atoms with E-state index in [4.69, 9.17) is 4.74 Å². The van der Waals surface area contributed by atoms with Gasteiger partial charge in [-0.3, -0.25) is 14.7 Å². The lowest BCUT2D eigenvalue weighted by Gasteiger charge is -2.26. The van der Waals surface area contributed by atoms with Gasteiger partial charge in [0.2, 0.25) is 0 Å². The number of nitrogens with one attached hydrogen (secondary N) is 1. The number of para-hydroxylation sites is 1. The van der Waals surface area contributed by atoms with Crippen molar-refractivity contribution in [2.24, 2.45) is 0 Å². The number of carbonyl (C=O) groups is 1. The van der Waals surface area contributed by atoms with Gasteiger partial charge in [0.05, 0.1) is 36.2 Å². The molecule has 1 fully saturated rings. The summed E-state index contributed by atoms with van der Waals surface area (Å²) in [6.07, 6.45) is -1.13. The molecular formula is C27H23F3N4O2. The fourth-order valence-electron chi connectivity index (χ4n) is 4.22. The number of benzene rings is 2. The molecule has 1 aliphatic rings. The summed E-state index contributed by atoms with van der Waals surface area (Å²) in [5, 5.41) is 3.55. The minimum atomic E-state index is -4.45. The van der Waals surface area contributed by atoms with Crippen LogP contribution in [0.15, 0.2) is 73.1 Å². The van der Waals surface area contributed by atoms with Crippen LogP contribution in [0, 0.1) is 0 Å². The fourth-order valence-corrected chi connectivity index (χ4v) is 4.22. The standard InChI is InChI=1S/C27H23F3N4O2/c28-27(29,30)21-5-1-4-20(14-21)23-6-2-3-19-7-8-24(33-25(19)23)26(35)32-22-13-18(15-31-16-22)17-34-9-11-36-12-10-34/h1-8,13-16H,9-12,17H2,(H,32,35). The van der Waals surface area contributed by atoms with Gasteiger partial charge < -0.3 is 10.1 Å². The Kier molecular flexibility index (Phi) is 6.67. The molecule has 2 aromatic carbocycles. The number of amides is 1. The number of hydrogen-bond acceptors (Lipinski definition) is 5. The summed E-state index contributed by atoms with van der Waals surface area (Å²) >= 11 is 0. The number of nitrogens with zero attached hydrogens (tertiary/aromatic N) is 3. The molecule has 0 bridgehead atoms. The van der Waals surface area contributed by atoms with Crippen LogP contribution in [0.5, 0.6) is 0 Å². The number of rotatable bonds is 5. The van der Waals surface area contributed by atoms with Gasteiger partial charge in [0.15, 0.2) is 0 Å². The molecule has 1 saturated heterocycles.